The molecule has 0 unspecified atom stereocenters. The maximum absolute atomic E-state index is 12.5. The molecule has 1 saturated heterocycles. The molecule has 2 heterocycles. The molecule has 3 N–H and O–H groups in total. The van der Waals surface area contributed by atoms with E-state index in [4.69, 9.17) is 11.6 Å². The van der Waals surface area contributed by atoms with E-state index in [2.05, 4.69) is 30.8 Å². The van der Waals surface area contributed by atoms with Gasteiger partial charge in [-0.2, -0.15) is 4.98 Å². The summed E-state index contributed by atoms with van der Waals surface area (Å²) in [5.41, 5.74) is 2.45. The van der Waals surface area contributed by atoms with E-state index in [0.29, 0.717) is 41.3 Å². The first-order valence-corrected chi connectivity index (χ1v) is 13.7. The summed E-state index contributed by atoms with van der Waals surface area (Å²) in [6.07, 6.45) is 1.50. The van der Waals surface area contributed by atoms with Gasteiger partial charge in [0.1, 0.15) is 5.02 Å². The van der Waals surface area contributed by atoms with Gasteiger partial charge in [0, 0.05) is 29.9 Å². The SMILES string of the molecule is CC(C)(C)C(=O)Nc1ccccc1Nc1nc(Nc2ccc(N3CCS(=O)(=O)CC3)cc2)ncc1Cl. The summed E-state index contributed by atoms with van der Waals surface area (Å²) in [6.45, 7) is 6.52. The molecule has 0 spiro atoms. The van der Waals surface area contributed by atoms with Crippen LogP contribution >= 0.6 is 11.6 Å². The first kappa shape index (κ1) is 25.7. The van der Waals surface area contributed by atoms with E-state index < -0.39 is 15.3 Å². The topological polar surface area (TPSA) is 116 Å². The van der Waals surface area contributed by atoms with E-state index in [1.165, 1.54) is 6.20 Å². The fraction of sp³-hybridized carbons (Fsp3) is 0.320. The summed E-state index contributed by atoms with van der Waals surface area (Å²) in [7, 11) is -2.93. The van der Waals surface area contributed by atoms with Crippen molar-refractivity contribution in [1.82, 2.24) is 9.97 Å². The summed E-state index contributed by atoms with van der Waals surface area (Å²) in [6, 6.07) is 15.0. The van der Waals surface area contributed by atoms with Crippen LogP contribution in [0, 0.1) is 5.41 Å². The van der Waals surface area contributed by atoms with Crippen molar-refractivity contribution >= 4 is 61.9 Å². The van der Waals surface area contributed by atoms with E-state index in [1.54, 1.807) is 6.07 Å². The smallest absolute Gasteiger partial charge is 0.229 e. The Morgan fingerprint density at radius 2 is 1.61 bits per heavy atom. The first-order valence-electron chi connectivity index (χ1n) is 11.5. The number of sulfone groups is 1. The fourth-order valence-corrected chi connectivity index (χ4v) is 4.85. The van der Waals surface area contributed by atoms with Gasteiger partial charge >= 0.3 is 0 Å². The lowest BCUT2D eigenvalue weighted by molar-refractivity contribution is -0.123. The van der Waals surface area contributed by atoms with Crippen LogP contribution in [0.15, 0.2) is 54.7 Å². The summed E-state index contributed by atoms with van der Waals surface area (Å²) in [5.74, 6) is 0.963. The molecule has 4 rings (SSSR count). The zero-order valence-corrected chi connectivity index (χ0v) is 21.9. The lowest BCUT2D eigenvalue weighted by Gasteiger charge is -2.28. The monoisotopic (exact) mass is 528 g/mol. The van der Waals surface area contributed by atoms with Crippen LogP contribution in [-0.4, -0.2) is 48.9 Å². The molecular weight excluding hydrogens is 500 g/mol. The number of nitrogens with zero attached hydrogens (tertiary/aromatic N) is 3. The van der Waals surface area contributed by atoms with Gasteiger partial charge in [0.2, 0.25) is 11.9 Å². The van der Waals surface area contributed by atoms with E-state index in [0.717, 1.165) is 11.4 Å². The normalized spacial score (nSPS) is 15.3. The minimum Gasteiger partial charge on any atom is -0.369 e. The number of carbonyl (C=O) groups is 1. The molecule has 1 fully saturated rings. The van der Waals surface area contributed by atoms with Crippen LogP contribution < -0.4 is 20.9 Å². The first-order chi connectivity index (χ1) is 17.0. The second-order valence-corrected chi connectivity index (χ2v) is 12.3. The number of hydrogen-bond acceptors (Lipinski definition) is 8. The molecule has 3 aromatic rings. The maximum Gasteiger partial charge on any atom is 0.229 e. The van der Waals surface area contributed by atoms with Gasteiger partial charge in [-0.25, -0.2) is 13.4 Å². The molecule has 0 bridgehead atoms. The van der Waals surface area contributed by atoms with Gasteiger partial charge in [0.15, 0.2) is 15.7 Å². The lowest BCUT2D eigenvalue weighted by atomic mass is 9.95. The molecule has 36 heavy (non-hydrogen) atoms. The number of carbonyl (C=O) groups excluding carboxylic acids is 1. The highest BCUT2D eigenvalue weighted by molar-refractivity contribution is 7.91. The number of hydrogen-bond donors (Lipinski definition) is 3. The second-order valence-electron chi connectivity index (χ2n) is 9.58. The molecule has 1 amide bonds. The Morgan fingerprint density at radius 1 is 0.972 bits per heavy atom. The molecule has 0 saturated carbocycles. The van der Waals surface area contributed by atoms with Crippen LogP contribution in [-0.2, 0) is 14.6 Å². The Hall–Kier alpha value is -3.37. The molecule has 0 atom stereocenters. The maximum atomic E-state index is 12.5. The number of amides is 1. The third-order valence-electron chi connectivity index (χ3n) is 5.69. The van der Waals surface area contributed by atoms with Gasteiger partial charge in [-0.15, -0.1) is 0 Å². The fourth-order valence-electron chi connectivity index (χ4n) is 3.51. The third kappa shape index (κ3) is 6.44. The van der Waals surface area contributed by atoms with Crippen molar-refractivity contribution in [2.24, 2.45) is 5.41 Å². The number of benzene rings is 2. The molecule has 9 nitrogen and oxygen atoms in total. The summed E-state index contributed by atoms with van der Waals surface area (Å²) in [4.78, 5) is 23.3. The molecular formula is C25H29ClN6O3S. The van der Waals surface area contributed by atoms with Crippen molar-refractivity contribution in [2.75, 3.05) is 45.4 Å². The van der Waals surface area contributed by atoms with Gasteiger partial charge in [-0.05, 0) is 36.4 Å². The summed E-state index contributed by atoms with van der Waals surface area (Å²) in [5, 5.41) is 9.62. The number of nitrogens with one attached hydrogen (secondary N) is 3. The van der Waals surface area contributed by atoms with Gasteiger partial charge in [0.05, 0.1) is 29.1 Å². The predicted octanol–water partition coefficient (Wildman–Crippen LogP) is 4.84. The number of halogens is 1. The molecule has 190 valence electrons. The Labute approximate surface area is 216 Å². The van der Waals surface area contributed by atoms with Crippen LogP contribution in [0.25, 0.3) is 0 Å². The highest BCUT2D eigenvalue weighted by atomic mass is 35.5. The van der Waals surface area contributed by atoms with Crippen LogP contribution in [0.3, 0.4) is 0 Å². The molecule has 0 radical (unpaired) electrons. The molecule has 2 aromatic carbocycles. The van der Waals surface area contributed by atoms with Crippen molar-refractivity contribution in [3.63, 3.8) is 0 Å². The van der Waals surface area contributed by atoms with Crippen LogP contribution in [0.4, 0.5) is 34.5 Å². The van der Waals surface area contributed by atoms with Crippen molar-refractivity contribution < 1.29 is 13.2 Å². The standard InChI is InChI=1S/C25H29ClN6O3S/c1-25(2,3)23(33)30-21-7-5-4-6-20(21)29-22-19(26)16-27-24(31-22)28-17-8-10-18(11-9-17)32-12-14-36(34,35)15-13-32/h4-11,16H,12-15H2,1-3H3,(H,30,33)(H2,27,28,29,31). The number of aromatic nitrogens is 2. The van der Waals surface area contributed by atoms with Gasteiger partial charge in [-0.1, -0.05) is 44.5 Å². The van der Waals surface area contributed by atoms with Gasteiger partial charge in [0.25, 0.3) is 0 Å². The minimum absolute atomic E-state index is 0.109. The molecule has 1 aliphatic rings. The van der Waals surface area contributed by atoms with Gasteiger partial charge < -0.3 is 20.9 Å². The Balaban J connectivity index is 1.47. The zero-order valence-electron chi connectivity index (χ0n) is 20.4. The Kier molecular flexibility index (Phi) is 7.37. The zero-order chi connectivity index (χ0) is 25.9. The average Bonchev–Trinajstić information content (AvgIpc) is 2.82. The van der Waals surface area contributed by atoms with Gasteiger partial charge in [-0.3, -0.25) is 4.79 Å². The van der Waals surface area contributed by atoms with E-state index in [-0.39, 0.29) is 17.4 Å². The largest absolute Gasteiger partial charge is 0.369 e. The van der Waals surface area contributed by atoms with Crippen LogP contribution in [0.2, 0.25) is 5.02 Å². The molecule has 11 heteroatoms. The average molecular weight is 529 g/mol. The molecule has 1 aromatic heterocycles. The van der Waals surface area contributed by atoms with Crippen LogP contribution in [0.5, 0.6) is 0 Å². The highest BCUT2D eigenvalue weighted by Crippen LogP contribution is 2.30. The number of rotatable bonds is 6. The molecule has 1 aliphatic heterocycles. The lowest BCUT2D eigenvalue weighted by Crippen LogP contribution is -2.40. The van der Waals surface area contributed by atoms with Crippen molar-refractivity contribution in [3.05, 3.63) is 59.8 Å². The highest BCUT2D eigenvalue weighted by Gasteiger charge is 2.23. The summed E-state index contributed by atoms with van der Waals surface area (Å²) >= 11 is 6.36. The summed E-state index contributed by atoms with van der Waals surface area (Å²) < 4.78 is 23.3. The van der Waals surface area contributed by atoms with E-state index >= 15 is 0 Å². The Morgan fingerprint density at radius 3 is 2.25 bits per heavy atom. The van der Waals surface area contributed by atoms with Crippen molar-refractivity contribution in [1.29, 1.82) is 0 Å². The number of anilines is 6. The predicted molar refractivity (Wildman–Crippen MR) is 145 cm³/mol. The van der Waals surface area contributed by atoms with Crippen molar-refractivity contribution in [2.45, 2.75) is 20.8 Å². The number of para-hydroxylation sites is 2. The second kappa shape index (κ2) is 10.3. The minimum atomic E-state index is -2.93. The Bertz CT molecular complexity index is 1340. The van der Waals surface area contributed by atoms with E-state index in [9.17, 15) is 13.2 Å². The van der Waals surface area contributed by atoms with E-state index in [1.807, 2.05) is 63.2 Å². The van der Waals surface area contributed by atoms with Crippen molar-refractivity contribution in [3.8, 4) is 0 Å². The van der Waals surface area contributed by atoms with Crippen LogP contribution in [0.1, 0.15) is 20.8 Å². The molecule has 0 aliphatic carbocycles. The third-order valence-corrected chi connectivity index (χ3v) is 7.57. The quantitative estimate of drug-likeness (QED) is 0.416.